The predicted octanol–water partition coefficient (Wildman–Crippen LogP) is 3.54. The highest BCUT2D eigenvalue weighted by Gasteiger charge is 2.08. The highest BCUT2D eigenvalue weighted by molar-refractivity contribution is 7.11. The lowest BCUT2D eigenvalue weighted by molar-refractivity contribution is 0.411. The van der Waals surface area contributed by atoms with Crippen LogP contribution in [0.2, 0.25) is 0 Å². The van der Waals surface area contributed by atoms with E-state index in [1.54, 1.807) is 18.2 Å². The van der Waals surface area contributed by atoms with E-state index in [-0.39, 0.29) is 5.82 Å². The second-order valence-corrected chi connectivity index (χ2v) is 4.10. The standard InChI is InChI=1S/C13H9FOS/c1-3-11-6-9(8-16-11)12-5-4-10(15-2)7-13(12)14/h1,4-8H,2H3. The lowest BCUT2D eigenvalue weighted by Crippen LogP contribution is -1.86. The Morgan fingerprint density at radius 2 is 2.19 bits per heavy atom. The molecule has 0 bridgehead atoms. The predicted molar refractivity (Wildman–Crippen MR) is 64.2 cm³/mol. The molecule has 0 aliphatic carbocycles. The number of thiophene rings is 1. The smallest absolute Gasteiger partial charge is 0.134 e. The number of hydrogen-bond donors (Lipinski definition) is 0. The van der Waals surface area contributed by atoms with E-state index in [9.17, 15) is 4.39 Å². The molecule has 2 aromatic rings. The summed E-state index contributed by atoms with van der Waals surface area (Å²) in [5, 5.41) is 1.85. The second-order valence-electron chi connectivity index (χ2n) is 3.19. The van der Waals surface area contributed by atoms with Crippen LogP contribution in [0.4, 0.5) is 4.39 Å². The first-order valence-corrected chi connectivity index (χ1v) is 5.51. The lowest BCUT2D eigenvalue weighted by Gasteiger charge is -2.03. The van der Waals surface area contributed by atoms with E-state index in [0.717, 1.165) is 10.4 Å². The molecular formula is C13H9FOS. The second kappa shape index (κ2) is 4.38. The first kappa shape index (κ1) is 10.7. The Labute approximate surface area is 97.5 Å². The minimum atomic E-state index is -0.305. The van der Waals surface area contributed by atoms with Gasteiger partial charge in [-0.1, -0.05) is 5.92 Å². The number of ether oxygens (including phenoxy) is 1. The van der Waals surface area contributed by atoms with Gasteiger partial charge >= 0.3 is 0 Å². The Balaban J connectivity index is 2.45. The fourth-order valence-corrected chi connectivity index (χ4v) is 2.12. The van der Waals surface area contributed by atoms with Crippen LogP contribution in [-0.2, 0) is 0 Å². The fourth-order valence-electron chi connectivity index (χ4n) is 1.41. The molecule has 1 heterocycles. The monoisotopic (exact) mass is 232 g/mol. The molecule has 2 rings (SSSR count). The number of halogens is 1. The van der Waals surface area contributed by atoms with Crippen LogP contribution in [-0.4, -0.2) is 7.11 Å². The highest BCUT2D eigenvalue weighted by Crippen LogP contribution is 2.29. The summed E-state index contributed by atoms with van der Waals surface area (Å²) in [6.45, 7) is 0. The minimum Gasteiger partial charge on any atom is -0.497 e. The van der Waals surface area contributed by atoms with Crippen molar-refractivity contribution in [2.75, 3.05) is 7.11 Å². The normalized spacial score (nSPS) is 9.81. The third-order valence-electron chi connectivity index (χ3n) is 2.23. The Hall–Kier alpha value is -1.79. The maximum Gasteiger partial charge on any atom is 0.134 e. The van der Waals surface area contributed by atoms with Crippen molar-refractivity contribution in [1.29, 1.82) is 0 Å². The summed E-state index contributed by atoms with van der Waals surface area (Å²) in [7, 11) is 1.51. The van der Waals surface area contributed by atoms with Crippen molar-refractivity contribution in [3.05, 3.63) is 40.3 Å². The lowest BCUT2D eigenvalue weighted by atomic mass is 10.1. The fraction of sp³-hybridized carbons (Fsp3) is 0.0769. The molecule has 80 valence electrons. The SMILES string of the molecule is C#Cc1cc(-c2ccc(OC)cc2F)cs1. The van der Waals surface area contributed by atoms with Crippen molar-refractivity contribution in [3.8, 4) is 29.2 Å². The summed E-state index contributed by atoms with van der Waals surface area (Å²) < 4.78 is 18.7. The van der Waals surface area contributed by atoms with Gasteiger partial charge in [0.2, 0.25) is 0 Å². The van der Waals surface area contributed by atoms with Gasteiger partial charge in [-0.25, -0.2) is 4.39 Å². The molecule has 0 spiro atoms. The van der Waals surface area contributed by atoms with Gasteiger partial charge in [-0.15, -0.1) is 17.8 Å². The van der Waals surface area contributed by atoms with E-state index in [1.807, 2.05) is 5.38 Å². The Morgan fingerprint density at radius 3 is 2.75 bits per heavy atom. The summed E-state index contributed by atoms with van der Waals surface area (Å²) in [6, 6.07) is 6.58. The molecule has 0 amide bonds. The van der Waals surface area contributed by atoms with E-state index in [0.29, 0.717) is 11.3 Å². The molecule has 0 aliphatic heterocycles. The first-order chi connectivity index (χ1) is 7.74. The largest absolute Gasteiger partial charge is 0.497 e. The number of hydrogen-bond acceptors (Lipinski definition) is 2. The van der Waals surface area contributed by atoms with Crippen molar-refractivity contribution in [1.82, 2.24) is 0 Å². The van der Waals surface area contributed by atoms with Gasteiger partial charge in [0.25, 0.3) is 0 Å². The van der Waals surface area contributed by atoms with E-state index in [1.165, 1.54) is 24.5 Å². The quantitative estimate of drug-likeness (QED) is 0.719. The van der Waals surface area contributed by atoms with E-state index >= 15 is 0 Å². The summed E-state index contributed by atoms with van der Waals surface area (Å²) in [6.07, 6.45) is 5.27. The van der Waals surface area contributed by atoms with Gasteiger partial charge in [-0.05, 0) is 29.1 Å². The van der Waals surface area contributed by atoms with Gasteiger partial charge in [0.1, 0.15) is 11.6 Å². The van der Waals surface area contributed by atoms with Crippen LogP contribution >= 0.6 is 11.3 Å². The zero-order chi connectivity index (χ0) is 11.5. The number of benzene rings is 1. The van der Waals surface area contributed by atoms with Crippen molar-refractivity contribution in [2.45, 2.75) is 0 Å². The molecule has 0 unspecified atom stereocenters. The molecule has 16 heavy (non-hydrogen) atoms. The van der Waals surface area contributed by atoms with Crippen LogP contribution in [0.1, 0.15) is 4.88 Å². The van der Waals surface area contributed by atoms with Gasteiger partial charge in [0.05, 0.1) is 12.0 Å². The Bertz CT molecular complexity index is 551. The highest BCUT2D eigenvalue weighted by atomic mass is 32.1. The van der Waals surface area contributed by atoms with Crippen LogP contribution in [0.5, 0.6) is 5.75 Å². The van der Waals surface area contributed by atoms with E-state index in [2.05, 4.69) is 5.92 Å². The Morgan fingerprint density at radius 1 is 1.38 bits per heavy atom. The van der Waals surface area contributed by atoms with Crippen molar-refractivity contribution >= 4 is 11.3 Å². The van der Waals surface area contributed by atoms with Crippen molar-refractivity contribution < 1.29 is 9.13 Å². The van der Waals surface area contributed by atoms with Crippen LogP contribution in [0.25, 0.3) is 11.1 Å². The minimum absolute atomic E-state index is 0.305. The van der Waals surface area contributed by atoms with Crippen molar-refractivity contribution in [2.24, 2.45) is 0 Å². The first-order valence-electron chi connectivity index (χ1n) is 4.63. The third-order valence-corrected chi connectivity index (χ3v) is 3.09. The molecule has 1 nitrogen and oxygen atoms in total. The Kier molecular flexibility index (Phi) is 2.93. The topological polar surface area (TPSA) is 9.23 Å². The molecular weight excluding hydrogens is 223 g/mol. The van der Waals surface area contributed by atoms with E-state index < -0.39 is 0 Å². The molecule has 3 heteroatoms. The summed E-state index contributed by atoms with van der Waals surface area (Å²) >= 11 is 1.43. The van der Waals surface area contributed by atoms with Gasteiger partial charge in [-0.2, -0.15) is 0 Å². The molecule has 1 aromatic carbocycles. The van der Waals surface area contributed by atoms with E-state index in [4.69, 9.17) is 11.2 Å². The average Bonchev–Trinajstić information content (AvgIpc) is 2.77. The molecule has 0 saturated carbocycles. The van der Waals surface area contributed by atoms with Crippen LogP contribution in [0.3, 0.4) is 0 Å². The van der Waals surface area contributed by atoms with Crippen LogP contribution in [0.15, 0.2) is 29.6 Å². The number of rotatable bonds is 2. The van der Waals surface area contributed by atoms with Crippen LogP contribution in [0, 0.1) is 18.2 Å². The third kappa shape index (κ3) is 1.93. The van der Waals surface area contributed by atoms with Gasteiger partial charge in [0, 0.05) is 11.6 Å². The summed E-state index contributed by atoms with van der Waals surface area (Å²) in [4.78, 5) is 0.796. The van der Waals surface area contributed by atoms with Gasteiger partial charge in [0.15, 0.2) is 0 Å². The summed E-state index contributed by atoms with van der Waals surface area (Å²) in [5.41, 5.74) is 1.34. The zero-order valence-electron chi connectivity index (χ0n) is 8.66. The molecule has 0 atom stereocenters. The molecule has 0 fully saturated rings. The van der Waals surface area contributed by atoms with Gasteiger partial charge < -0.3 is 4.74 Å². The van der Waals surface area contributed by atoms with Gasteiger partial charge in [-0.3, -0.25) is 0 Å². The number of terminal acetylenes is 1. The molecule has 0 radical (unpaired) electrons. The maximum atomic E-state index is 13.7. The molecule has 0 aliphatic rings. The van der Waals surface area contributed by atoms with Crippen LogP contribution < -0.4 is 4.74 Å². The zero-order valence-corrected chi connectivity index (χ0v) is 9.48. The summed E-state index contributed by atoms with van der Waals surface area (Å²) in [5.74, 6) is 2.73. The number of methoxy groups -OCH3 is 1. The molecule has 0 saturated heterocycles. The maximum absolute atomic E-state index is 13.7. The molecule has 1 aromatic heterocycles. The molecule has 0 N–H and O–H groups in total. The van der Waals surface area contributed by atoms with Crippen molar-refractivity contribution in [3.63, 3.8) is 0 Å². The average molecular weight is 232 g/mol.